The number of sulfonamides is 1. The molecule has 14 heavy (non-hydrogen) atoms. The highest BCUT2D eigenvalue weighted by Crippen LogP contribution is 2.01. The lowest BCUT2D eigenvalue weighted by atomic mass is 10.4. The molecule has 0 amide bonds. The van der Waals surface area contributed by atoms with Crippen molar-refractivity contribution in [3.05, 3.63) is 24.2 Å². The van der Waals surface area contributed by atoms with Crippen molar-refractivity contribution in [1.82, 2.24) is 4.72 Å². The van der Waals surface area contributed by atoms with E-state index in [1.165, 1.54) is 6.26 Å². The molecule has 5 heteroatoms. The Morgan fingerprint density at radius 1 is 1.50 bits per heavy atom. The van der Waals surface area contributed by atoms with Crippen molar-refractivity contribution >= 4 is 10.0 Å². The maximum Gasteiger partial charge on any atom is 0.212 e. The van der Waals surface area contributed by atoms with Crippen molar-refractivity contribution < 1.29 is 12.8 Å². The van der Waals surface area contributed by atoms with E-state index in [0.717, 1.165) is 6.42 Å². The van der Waals surface area contributed by atoms with Crippen LogP contribution in [0.1, 0.15) is 25.5 Å². The van der Waals surface area contributed by atoms with Crippen LogP contribution in [0.4, 0.5) is 0 Å². The summed E-state index contributed by atoms with van der Waals surface area (Å²) >= 11 is 0. The van der Waals surface area contributed by atoms with Crippen LogP contribution < -0.4 is 4.72 Å². The Morgan fingerprint density at radius 3 is 2.86 bits per heavy atom. The van der Waals surface area contributed by atoms with Gasteiger partial charge in [-0.2, -0.15) is 0 Å². The minimum atomic E-state index is -3.13. The quantitative estimate of drug-likeness (QED) is 0.785. The summed E-state index contributed by atoms with van der Waals surface area (Å²) in [6, 6.07) is 3.47. The van der Waals surface area contributed by atoms with Gasteiger partial charge in [-0.1, -0.05) is 13.3 Å². The van der Waals surface area contributed by atoms with Crippen LogP contribution in [-0.4, -0.2) is 14.2 Å². The van der Waals surface area contributed by atoms with Crippen LogP contribution in [0.2, 0.25) is 0 Å². The number of unbranched alkanes of at least 4 members (excludes halogenated alkanes) is 1. The standard InChI is InChI=1S/C9H15NO3S/c1-2-3-7-14(11,12)10-8-9-5-4-6-13-9/h4-6,10H,2-3,7-8H2,1H3. The van der Waals surface area contributed by atoms with Gasteiger partial charge < -0.3 is 4.42 Å². The first kappa shape index (κ1) is 11.3. The van der Waals surface area contributed by atoms with Crippen molar-refractivity contribution in [3.63, 3.8) is 0 Å². The van der Waals surface area contributed by atoms with Crippen molar-refractivity contribution in [1.29, 1.82) is 0 Å². The second kappa shape index (κ2) is 5.17. The van der Waals surface area contributed by atoms with Crippen LogP contribution in [-0.2, 0) is 16.6 Å². The van der Waals surface area contributed by atoms with E-state index in [0.29, 0.717) is 12.2 Å². The fourth-order valence-electron chi connectivity index (χ4n) is 1.00. The molecule has 0 saturated heterocycles. The minimum absolute atomic E-state index is 0.185. The predicted octanol–water partition coefficient (Wildman–Crippen LogP) is 1.50. The van der Waals surface area contributed by atoms with Crippen LogP contribution >= 0.6 is 0 Å². The third kappa shape index (κ3) is 3.93. The summed E-state index contributed by atoms with van der Waals surface area (Å²) < 4.78 is 30.1. The molecular weight excluding hydrogens is 202 g/mol. The molecule has 0 atom stereocenters. The molecule has 0 aliphatic heterocycles. The monoisotopic (exact) mass is 217 g/mol. The number of rotatable bonds is 6. The Hall–Kier alpha value is -0.810. The van der Waals surface area contributed by atoms with E-state index in [4.69, 9.17) is 4.42 Å². The SMILES string of the molecule is CCCCS(=O)(=O)NCc1ccco1. The van der Waals surface area contributed by atoms with Gasteiger partial charge in [0.2, 0.25) is 10.0 Å². The first-order valence-electron chi connectivity index (χ1n) is 4.64. The van der Waals surface area contributed by atoms with E-state index in [1.54, 1.807) is 12.1 Å². The molecule has 0 bridgehead atoms. The van der Waals surface area contributed by atoms with Gasteiger partial charge in [-0.15, -0.1) is 0 Å². The molecule has 0 aromatic carbocycles. The maximum absolute atomic E-state index is 11.3. The zero-order valence-electron chi connectivity index (χ0n) is 8.19. The molecule has 0 radical (unpaired) electrons. The van der Waals surface area contributed by atoms with Crippen LogP contribution in [0.25, 0.3) is 0 Å². The minimum Gasteiger partial charge on any atom is -0.468 e. The molecule has 4 nitrogen and oxygen atoms in total. The number of nitrogens with one attached hydrogen (secondary N) is 1. The van der Waals surface area contributed by atoms with Gasteiger partial charge >= 0.3 is 0 Å². The highest BCUT2D eigenvalue weighted by atomic mass is 32.2. The highest BCUT2D eigenvalue weighted by molar-refractivity contribution is 7.89. The Morgan fingerprint density at radius 2 is 2.29 bits per heavy atom. The Kier molecular flexibility index (Phi) is 4.16. The summed E-state index contributed by atoms with van der Waals surface area (Å²) in [6.07, 6.45) is 3.09. The second-order valence-corrected chi connectivity index (χ2v) is 5.00. The Labute approximate surface area is 84.4 Å². The molecule has 1 aromatic rings. The molecule has 1 heterocycles. The topological polar surface area (TPSA) is 59.3 Å². The molecule has 0 unspecified atom stereocenters. The van der Waals surface area contributed by atoms with Crippen LogP contribution in [0.15, 0.2) is 22.8 Å². The van der Waals surface area contributed by atoms with Crippen molar-refractivity contribution in [2.75, 3.05) is 5.75 Å². The van der Waals surface area contributed by atoms with Crippen LogP contribution in [0, 0.1) is 0 Å². The summed E-state index contributed by atoms with van der Waals surface area (Å²) in [5, 5.41) is 0. The zero-order chi connectivity index (χ0) is 10.4. The summed E-state index contributed by atoms with van der Waals surface area (Å²) in [4.78, 5) is 0. The van der Waals surface area contributed by atoms with Gasteiger partial charge in [0.05, 0.1) is 18.6 Å². The third-order valence-electron chi connectivity index (χ3n) is 1.81. The van der Waals surface area contributed by atoms with Gasteiger partial charge in [0.25, 0.3) is 0 Å². The third-order valence-corrected chi connectivity index (χ3v) is 3.22. The Balaban J connectivity index is 2.37. The number of furan rings is 1. The fraction of sp³-hybridized carbons (Fsp3) is 0.556. The van der Waals surface area contributed by atoms with Gasteiger partial charge in [0.15, 0.2) is 0 Å². The number of hydrogen-bond donors (Lipinski definition) is 1. The molecule has 0 spiro atoms. The van der Waals surface area contributed by atoms with E-state index in [9.17, 15) is 8.42 Å². The lowest BCUT2D eigenvalue weighted by Gasteiger charge is -2.03. The highest BCUT2D eigenvalue weighted by Gasteiger charge is 2.09. The average Bonchev–Trinajstić information content (AvgIpc) is 2.64. The lowest BCUT2D eigenvalue weighted by molar-refractivity contribution is 0.498. The van der Waals surface area contributed by atoms with E-state index in [2.05, 4.69) is 4.72 Å². The maximum atomic E-state index is 11.3. The van der Waals surface area contributed by atoms with Gasteiger partial charge in [-0.3, -0.25) is 0 Å². The smallest absolute Gasteiger partial charge is 0.212 e. The van der Waals surface area contributed by atoms with E-state index >= 15 is 0 Å². The first-order chi connectivity index (χ1) is 6.64. The van der Waals surface area contributed by atoms with Gasteiger partial charge in [-0.25, -0.2) is 13.1 Å². The van der Waals surface area contributed by atoms with Gasteiger partial charge in [0.1, 0.15) is 5.76 Å². The molecule has 1 aromatic heterocycles. The summed E-state index contributed by atoms with van der Waals surface area (Å²) in [7, 11) is -3.13. The molecule has 0 aliphatic carbocycles. The summed E-state index contributed by atoms with van der Waals surface area (Å²) in [5.74, 6) is 0.814. The summed E-state index contributed by atoms with van der Waals surface area (Å²) in [5.41, 5.74) is 0. The molecule has 0 saturated carbocycles. The fourth-order valence-corrected chi connectivity index (χ4v) is 2.18. The van der Waals surface area contributed by atoms with Crippen LogP contribution in [0.5, 0.6) is 0 Å². The van der Waals surface area contributed by atoms with E-state index < -0.39 is 10.0 Å². The molecule has 0 fully saturated rings. The van der Waals surface area contributed by atoms with Gasteiger partial charge in [-0.05, 0) is 18.6 Å². The predicted molar refractivity (Wildman–Crippen MR) is 54.2 cm³/mol. The van der Waals surface area contributed by atoms with E-state index in [1.807, 2.05) is 6.92 Å². The molecule has 1 N–H and O–H groups in total. The van der Waals surface area contributed by atoms with E-state index in [-0.39, 0.29) is 12.3 Å². The van der Waals surface area contributed by atoms with Crippen molar-refractivity contribution in [3.8, 4) is 0 Å². The Bertz CT molecular complexity index is 342. The summed E-state index contributed by atoms with van der Waals surface area (Å²) in [6.45, 7) is 2.20. The lowest BCUT2D eigenvalue weighted by Crippen LogP contribution is -2.25. The number of hydrogen-bond acceptors (Lipinski definition) is 3. The van der Waals surface area contributed by atoms with Crippen LogP contribution in [0.3, 0.4) is 0 Å². The molecule has 1 rings (SSSR count). The largest absolute Gasteiger partial charge is 0.468 e. The molecular formula is C9H15NO3S. The first-order valence-corrected chi connectivity index (χ1v) is 6.29. The molecule has 0 aliphatic rings. The average molecular weight is 217 g/mol. The second-order valence-electron chi connectivity index (χ2n) is 3.07. The zero-order valence-corrected chi connectivity index (χ0v) is 9.01. The normalized spacial score (nSPS) is 11.8. The van der Waals surface area contributed by atoms with Crippen molar-refractivity contribution in [2.24, 2.45) is 0 Å². The molecule has 80 valence electrons. The van der Waals surface area contributed by atoms with Crippen molar-refractivity contribution in [2.45, 2.75) is 26.3 Å². The van der Waals surface area contributed by atoms with Gasteiger partial charge in [0, 0.05) is 0 Å².